The first-order valence-corrected chi connectivity index (χ1v) is 12.4. The molecule has 4 rings (SSSR count). The van der Waals surface area contributed by atoms with Crippen molar-refractivity contribution in [2.75, 3.05) is 6.61 Å². The number of hydrogen-bond donors (Lipinski definition) is 1. The molecule has 1 amide bonds. The summed E-state index contributed by atoms with van der Waals surface area (Å²) < 4.78 is 6.82. The molecule has 1 aliphatic heterocycles. The molecule has 0 bridgehead atoms. The summed E-state index contributed by atoms with van der Waals surface area (Å²) in [6.45, 7) is 2.93. The van der Waals surface area contributed by atoms with Crippen molar-refractivity contribution < 1.29 is 19.4 Å². The second-order valence-corrected chi connectivity index (χ2v) is 9.44. The fraction of sp³-hybridized carbons (Fsp3) is 0.214. The minimum Gasteiger partial charge on any atom is -0.507 e. The van der Waals surface area contributed by atoms with Crippen LogP contribution in [0.4, 0.5) is 0 Å². The minimum absolute atomic E-state index is 0.0906. The maximum absolute atomic E-state index is 13.2. The Labute approximate surface area is 213 Å². The first kappa shape index (κ1) is 24.0. The van der Waals surface area contributed by atoms with Crippen LogP contribution in [0.5, 0.6) is 5.75 Å². The molecule has 5 nitrogen and oxygen atoms in total. The molecule has 1 unspecified atom stereocenters. The van der Waals surface area contributed by atoms with E-state index in [1.807, 2.05) is 60.7 Å². The monoisotopic (exact) mass is 567 g/mol. The van der Waals surface area contributed by atoms with Crippen molar-refractivity contribution in [3.05, 3.63) is 105 Å². The topological polar surface area (TPSA) is 66.8 Å². The summed E-state index contributed by atoms with van der Waals surface area (Å²) >= 11 is 2.21. The van der Waals surface area contributed by atoms with Gasteiger partial charge >= 0.3 is 0 Å². The molecule has 3 aromatic rings. The predicted molar refractivity (Wildman–Crippen MR) is 140 cm³/mol. The van der Waals surface area contributed by atoms with Crippen molar-refractivity contribution in [2.45, 2.75) is 32.4 Å². The molecule has 1 atom stereocenters. The molecule has 1 fully saturated rings. The molecule has 1 heterocycles. The number of rotatable bonds is 8. The van der Waals surface area contributed by atoms with Gasteiger partial charge in [-0.3, -0.25) is 9.59 Å². The van der Waals surface area contributed by atoms with Crippen molar-refractivity contribution in [2.24, 2.45) is 0 Å². The first-order chi connectivity index (χ1) is 16.5. The lowest BCUT2D eigenvalue weighted by atomic mass is 9.95. The number of halogens is 1. The van der Waals surface area contributed by atoms with E-state index in [4.69, 9.17) is 4.74 Å². The van der Waals surface area contributed by atoms with Gasteiger partial charge in [0.15, 0.2) is 0 Å². The molecule has 0 aliphatic carbocycles. The summed E-state index contributed by atoms with van der Waals surface area (Å²) in [5.74, 6) is -0.890. The Bertz CT molecular complexity index is 1200. The second kappa shape index (κ2) is 10.9. The Balaban J connectivity index is 1.78. The van der Waals surface area contributed by atoms with E-state index in [2.05, 4.69) is 29.5 Å². The smallest absolute Gasteiger partial charge is 0.295 e. The lowest BCUT2D eigenvalue weighted by Crippen LogP contribution is -2.29. The Morgan fingerprint density at radius 3 is 2.44 bits per heavy atom. The lowest BCUT2D eigenvalue weighted by molar-refractivity contribution is -0.140. The van der Waals surface area contributed by atoms with Gasteiger partial charge < -0.3 is 14.7 Å². The molecule has 0 spiro atoms. The van der Waals surface area contributed by atoms with Crippen LogP contribution in [0.25, 0.3) is 5.76 Å². The SMILES string of the molecule is CCCCOc1cccc(C(O)=C2C(=O)C(=O)N(Cc3ccccc3)C2c2ccc(I)cc2)c1. The minimum atomic E-state index is -0.693. The van der Waals surface area contributed by atoms with Gasteiger partial charge in [0.05, 0.1) is 18.2 Å². The number of amides is 1. The Morgan fingerprint density at radius 2 is 1.74 bits per heavy atom. The predicted octanol–water partition coefficient (Wildman–Crippen LogP) is 6.09. The number of carbonyl (C=O) groups excluding carboxylic acids is 2. The highest BCUT2D eigenvalue weighted by Gasteiger charge is 2.46. The number of carbonyl (C=O) groups is 2. The van der Waals surface area contributed by atoms with Crippen molar-refractivity contribution in [1.29, 1.82) is 0 Å². The van der Waals surface area contributed by atoms with E-state index in [9.17, 15) is 14.7 Å². The van der Waals surface area contributed by atoms with E-state index in [0.29, 0.717) is 17.9 Å². The number of likely N-dealkylation sites (tertiary alicyclic amines) is 1. The number of ketones is 1. The average molecular weight is 567 g/mol. The maximum Gasteiger partial charge on any atom is 0.295 e. The van der Waals surface area contributed by atoms with Crippen molar-refractivity contribution in [1.82, 2.24) is 4.90 Å². The maximum atomic E-state index is 13.2. The zero-order chi connectivity index (χ0) is 24.1. The van der Waals surface area contributed by atoms with Crippen LogP contribution in [0.15, 0.2) is 84.4 Å². The van der Waals surface area contributed by atoms with Crippen LogP contribution in [0, 0.1) is 3.57 Å². The highest BCUT2D eigenvalue weighted by molar-refractivity contribution is 14.1. The normalized spacial score (nSPS) is 17.2. The standard InChI is InChI=1S/C28H26INO4/c1-2-3-16-34-23-11-7-10-21(17-23)26(31)24-25(20-12-14-22(29)15-13-20)30(28(33)27(24)32)18-19-8-5-4-6-9-19/h4-15,17,25,31H,2-3,16,18H2,1H3. The van der Waals surface area contributed by atoms with Gasteiger partial charge in [0, 0.05) is 15.7 Å². The van der Waals surface area contributed by atoms with Gasteiger partial charge in [-0.15, -0.1) is 0 Å². The number of ether oxygens (including phenoxy) is 1. The molecule has 6 heteroatoms. The molecule has 34 heavy (non-hydrogen) atoms. The van der Waals surface area contributed by atoms with Gasteiger partial charge in [0.2, 0.25) is 0 Å². The third-order valence-electron chi connectivity index (χ3n) is 5.80. The number of aliphatic hydroxyl groups excluding tert-OH is 1. The summed E-state index contributed by atoms with van der Waals surface area (Å²) in [4.78, 5) is 27.9. The number of unbranched alkanes of at least 4 members (excludes halogenated alkanes) is 1. The van der Waals surface area contributed by atoms with Crippen LogP contribution in [0.2, 0.25) is 0 Å². The molecule has 1 N–H and O–H groups in total. The van der Waals surface area contributed by atoms with Crippen LogP contribution in [-0.2, 0) is 16.1 Å². The van der Waals surface area contributed by atoms with Gasteiger partial charge in [-0.1, -0.05) is 67.9 Å². The van der Waals surface area contributed by atoms with Gasteiger partial charge in [-0.25, -0.2) is 0 Å². The van der Waals surface area contributed by atoms with Gasteiger partial charge in [0.1, 0.15) is 11.5 Å². The third kappa shape index (κ3) is 5.17. The van der Waals surface area contributed by atoms with Crippen molar-refractivity contribution >= 4 is 40.0 Å². The summed E-state index contributed by atoms with van der Waals surface area (Å²) in [5, 5.41) is 11.3. The van der Waals surface area contributed by atoms with Gasteiger partial charge in [-0.05, 0) is 64.4 Å². The van der Waals surface area contributed by atoms with E-state index < -0.39 is 17.7 Å². The number of aliphatic hydroxyl groups is 1. The van der Waals surface area contributed by atoms with E-state index in [1.165, 1.54) is 4.90 Å². The van der Waals surface area contributed by atoms with Gasteiger partial charge in [-0.2, -0.15) is 0 Å². The summed E-state index contributed by atoms with van der Waals surface area (Å²) in [7, 11) is 0. The molecule has 174 valence electrons. The Hall–Kier alpha value is -3.13. The second-order valence-electron chi connectivity index (χ2n) is 8.19. The summed E-state index contributed by atoms with van der Waals surface area (Å²) in [6.07, 6.45) is 1.94. The molecule has 0 radical (unpaired) electrons. The van der Waals surface area contributed by atoms with Crippen molar-refractivity contribution in [3.8, 4) is 5.75 Å². The van der Waals surface area contributed by atoms with E-state index in [1.54, 1.807) is 18.2 Å². The van der Waals surface area contributed by atoms with Crippen LogP contribution in [-0.4, -0.2) is 28.3 Å². The lowest BCUT2D eigenvalue weighted by Gasteiger charge is -2.25. The molecule has 1 aliphatic rings. The van der Waals surface area contributed by atoms with Crippen LogP contribution >= 0.6 is 22.6 Å². The zero-order valence-electron chi connectivity index (χ0n) is 18.9. The highest BCUT2D eigenvalue weighted by atomic mass is 127. The molecule has 0 aromatic heterocycles. The zero-order valence-corrected chi connectivity index (χ0v) is 21.1. The first-order valence-electron chi connectivity index (χ1n) is 11.3. The number of hydrogen-bond acceptors (Lipinski definition) is 4. The molecular weight excluding hydrogens is 541 g/mol. The molecule has 0 saturated carbocycles. The average Bonchev–Trinajstić information content (AvgIpc) is 3.10. The van der Waals surface area contributed by atoms with Crippen LogP contribution in [0.1, 0.15) is 42.5 Å². The molecule has 1 saturated heterocycles. The fourth-order valence-corrected chi connectivity index (χ4v) is 4.40. The quantitative estimate of drug-likeness (QED) is 0.118. The molecular formula is C28H26INO4. The summed E-state index contributed by atoms with van der Waals surface area (Å²) in [6, 6.07) is 23.5. The van der Waals surface area contributed by atoms with Crippen LogP contribution in [0.3, 0.4) is 0 Å². The third-order valence-corrected chi connectivity index (χ3v) is 6.51. The molecule has 3 aromatic carbocycles. The number of Topliss-reactive ketones (excluding diaryl/α,β-unsaturated/α-hetero) is 1. The fourth-order valence-electron chi connectivity index (χ4n) is 4.04. The largest absolute Gasteiger partial charge is 0.507 e. The van der Waals surface area contributed by atoms with Gasteiger partial charge in [0.25, 0.3) is 11.7 Å². The van der Waals surface area contributed by atoms with Crippen LogP contribution < -0.4 is 4.74 Å². The van der Waals surface area contributed by atoms with E-state index in [0.717, 1.165) is 27.5 Å². The van der Waals surface area contributed by atoms with E-state index >= 15 is 0 Å². The summed E-state index contributed by atoms with van der Waals surface area (Å²) in [5.41, 5.74) is 2.22. The number of benzene rings is 3. The van der Waals surface area contributed by atoms with E-state index in [-0.39, 0.29) is 17.9 Å². The Morgan fingerprint density at radius 1 is 1.00 bits per heavy atom. The van der Waals surface area contributed by atoms with Crippen molar-refractivity contribution in [3.63, 3.8) is 0 Å². The number of nitrogens with zero attached hydrogens (tertiary/aromatic N) is 1. The Kier molecular flexibility index (Phi) is 7.67. The highest BCUT2D eigenvalue weighted by Crippen LogP contribution is 2.40.